The number of carbonyl (C=O) groups excluding carboxylic acids is 1. The van der Waals surface area contributed by atoms with Gasteiger partial charge >= 0.3 is 0 Å². The fourth-order valence-corrected chi connectivity index (χ4v) is 4.06. The van der Waals surface area contributed by atoms with E-state index in [0.29, 0.717) is 34.7 Å². The van der Waals surface area contributed by atoms with Gasteiger partial charge in [-0.15, -0.1) is 22.0 Å². The quantitative estimate of drug-likeness (QED) is 0.511. The summed E-state index contributed by atoms with van der Waals surface area (Å²) >= 11 is 7.76. The van der Waals surface area contributed by atoms with Crippen LogP contribution in [0.4, 0.5) is 0 Å². The molecular formula is C21H20ClN3O2S. The minimum atomic E-state index is 0.0894. The van der Waals surface area contributed by atoms with Gasteiger partial charge in [-0.3, -0.25) is 4.79 Å². The Labute approximate surface area is 173 Å². The predicted molar refractivity (Wildman–Crippen MR) is 110 cm³/mol. The molecule has 1 aromatic heterocycles. The molecule has 0 radical (unpaired) electrons. The standard InChI is InChI=1S/C21H20ClN3O2S/c1-14-5-4-6-16(11-14)28-13-20(26)25(15-9-10-15)12-19-23-24-21(27-19)17-7-2-3-8-18(17)22/h2-8,11,15H,9-10,12-13H2,1H3. The topological polar surface area (TPSA) is 59.2 Å². The van der Waals surface area contributed by atoms with Crippen molar-refractivity contribution in [1.29, 1.82) is 0 Å². The average Bonchev–Trinajstić information content (AvgIpc) is 3.43. The molecule has 1 amide bonds. The van der Waals surface area contributed by atoms with Gasteiger partial charge in [0.05, 0.1) is 22.9 Å². The number of rotatable bonds is 7. The van der Waals surface area contributed by atoms with Crippen LogP contribution in [0.2, 0.25) is 5.02 Å². The lowest BCUT2D eigenvalue weighted by molar-refractivity contribution is -0.129. The van der Waals surface area contributed by atoms with Crippen LogP contribution in [0.15, 0.2) is 57.8 Å². The number of carbonyl (C=O) groups is 1. The lowest BCUT2D eigenvalue weighted by atomic mass is 10.2. The third-order valence-corrected chi connectivity index (χ3v) is 5.84. The lowest BCUT2D eigenvalue weighted by Crippen LogP contribution is -2.34. The van der Waals surface area contributed by atoms with Gasteiger partial charge in [0, 0.05) is 10.9 Å². The van der Waals surface area contributed by atoms with Gasteiger partial charge in [0.1, 0.15) is 0 Å². The fourth-order valence-electron chi connectivity index (χ4n) is 2.95. The maximum Gasteiger partial charge on any atom is 0.249 e. The van der Waals surface area contributed by atoms with Crippen LogP contribution in [0.3, 0.4) is 0 Å². The maximum absolute atomic E-state index is 12.8. The van der Waals surface area contributed by atoms with Crippen LogP contribution >= 0.6 is 23.4 Å². The van der Waals surface area contributed by atoms with Crippen molar-refractivity contribution in [1.82, 2.24) is 15.1 Å². The number of nitrogens with zero attached hydrogens (tertiary/aromatic N) is 3. The van der Waals surface area contributed by atoms with Crippen LogP contribution < -0.4 is 0 Å². The largest absolute Gasteiger partial charge is 0.419 e. The van der Waals surface area contributed by atoms with Crippen molar-refractivity contribution in [2.45, 2.75) is 37.2 Å². The third kappa shape index (κ3) is 4.56. The molecule has 1 fully saturated rings. The van der Waals surface area contributed by atoms with E-state index in [1.165, 1.54) is 5.56 Å². The summed E-state index contributed by atoms with van der Waals surface area (Å²) < 4.78 is 5.78. The predicted octanol–water partition coefficient (Wildman–Crippen LogP) is 4.98. The summed E-state index contributed by atoms with van der Waals surface area (Å²) in [4.78, 5) is 15.8. The van der Waals surface area contributed by atoms with Gasteiger partial charge in [0.25, 0.3) is 0 Å². The van der Waals surface area contributed by atoms with Crippen molar-refractivity contribution in [2.24, 2.45) is 0 Å². The molecule has 0 bridgehead atoms. The molecule has 1 aliphatic carbocycles. The van der Waals surface area contributed by atoms with Crippen molar-refractivity contribution < 1.29 is 9.21 Å². The van der Waals surface area contributed by atoms with Gasteiger partial charge < -0.3 is 9.32 Å². The summed E-state index contributed by atoms with van der Waals surface area (Å²) in [6.45, 7) is 2.38. The Bertz CT molecular complexity index is 987. The first-order valence-electron chi connectivity index (χ1n) is 9.16. The Morgan fingerprint density at radius 1 is 1.21 bits per heavy atom. The highest BCUT2D eigenvalue weighted by Gasteiger charge is 2.33. The second-order valence-electron chi connectivity index (χ2n) is 6.84. The van der Waals surface area contributed by atoms with Crippen LogP contribution in [0.25, 0.3) is 11.5 Å². The van der Waals surface area contributed by atoms with Crippen LogP contribution in [-0.4, -0.2) is 32.8 Å². The zero-order valence-electron chi connectivity index (χ0n) is 15.5. The Morgan fingerprint density at radius 3 is 2.79 bits per heavy atom. The van der Waals surface area contributed by atoms with E-state index >= 15 is 0 Å². The van der Waals surface area contributed by atoms with Gasteiger partial charge in [-0.25, -0.2) is 0 Å². The number of hydrogen-bond acceptors (Lipinski definition) is 5. The Morgan fingerprint density at radius 2 is 2.04 bits per heavy atom. The lowest BCUT2D eigenvalue weighted by Gasteiger charge is -2.20. The van der Waals surface area contributed by atoms with Crippen molar-refractivity contribution >= 4 is 29.3 Å². The van der Waals surface area contributed by atoms with E-state index in [0.717, 1.165) is 17.7 Å². The molecule has 1 heterocycles. The van der Waals surface area contributed by atoms with E-state index in [-0.39, 0.29) is 11.9 Å². The van der Waals surface area contributed by atoms with Crippen molar-refractivity contribution in [3.63, 3.8) is 0 Å². The van der Waals surface area contributed by atoms with Crippen molar-refractivity contribution in [3.05, 3.63) is 65.0 Å². The van der Waals surface area contributed by atoms with E-state index in [4.69, 9.17) is 16.0 Å². The first-order chi connectivity index (χ1) is 13.6. The summed E-state index contributed by atoms with van der Waals surface area (Å²) in [7, 11) is 0. The molecule has 1 aliphatic rings. The van der Waals surface area contributed by atoms with Gasteiger partial charge in [0.2, 0.25) is 17.7 Å². The zero-order chi connectivity index (χ0) is 19.5. The number of hydrogen-bond donors (Lipinski definition) is 0. The van der Waals surface area contributed by atoms with E-state index in [2.05, 4.69) is 29.3 Å². The first-order valence-corrected chi connectivity index (χ1v) is 10.5. The van der Waals surface area contributed by atoms with Gasteiger partial charge in [-0.2, -0.15) is 0 Å². The first kappa shape index (κ1) is 19.0. The number of amides is 1. The monoisotopic (exact) mass is 413 g/mol. The molecule has 0 saturated heterocycles. The molecule has 0 aliphatic heterocycles. The highest BCUT2D eigenvalue weighted by Crippen LogP contribution is 2.31. The smallest absolute Gasteiger partial charge is 0.249 e. The summed E-state index contributed by atoms with van der Waals surface area (Å²) in [5.41, 5.74) is 1.89. The SMILES string of the molecule is Cc1cccc(SCC(=O)N(Cc2nnc(-c3ccccc3Cl)o2)C2CC2)c1. The van der Waals surface area contributed by atoms with Crippen LogP contribution in [0, 0.1) is 6.92 Å². The Balaban J connectivity index is 1.43. The van der Waals surface area contributed by atoms with Crippen LogP contribution in [0.5, 0.6) is 0 Å². The minimum absolute atomic E-state index is 0.0894. The molecule has 144 valence electrons. The van der Waals surface area contributed by atoms with Crippen LogP contribution in [0.1, 0.15) is 24.3 Å². The molecule has 0 N–H and O–H groups in total. The molecule has 0 atom stereocenters. The molecule has 3 aromatic rings. The van der Waals surface area contributed by atoms with Gasteiger partial charge in [-0.05, 0) is 44.0 Å². The average molecular weight is 414 g/mol. The summed E-state index contributed by atoms with van der Waals surface area (Å²) in [6.07, 6.45) is 2.04. The van der Waals surface area contributed by atoms with E-state index in [9.17, 15) is 4.79 Å². The second-order valence-corrected chi connectivity index (χ2v) is 8.29. The molecule has 4 rings (SSSR count). The Kier molecular flexibility index (Phi) is 5.69. The van der Waals surface area contributed by atoms with E-state index < -0.39 is 0 Å². The zero-order valence-corrected chi connectivity index (χ0v) is 17.0. The summed E-state index contributed by atoms with van der Waals surface area (Å²) in [6, 6.07) is 15.8. The Hall–Kier alpha value is -2.31. The third-order valence-electron chi connectivity index (χ3n) is 4.54. The highest BCUT2D eigenvalue weighted by atomic mass is 35.5. The minimum Gasteiger partial charge on any atom is -0.419 e. The van der Waals surface area contributed by atoms with Crippen molar-refractivity contribution in [2.75, 3.05) is 5.75 Å². The maximum atomic E-state index is 12.8. The molecule has 7 heteroatoms. The molecule has 5 nitrogen and oxygen atoms in total. The molecular weight excluding hydrogens is 394 g/mol. The van der Waals surface area contributed by atoms with E-state index in [1.54, 1.807) is 17.8 Å². The second kappa shape index (κ2) is 8.37. The molecule has 2 aromatic carbocycles. The number of thioether (sulfide) groups is 1. The van der Waals surface area contributed by atoms with Gasteiger partial charge in [0.15, 0.2) is 0 Å². The van der Waals surface area contributed by atoms with Gasteiger partial charge in [-0.1, -0.05) is 41.4 Å². The highest BCUT2D eigenvalue weighted by molar-refractivity contribution is 8.00. The number of aryl methyl sites for hydroxylation is 1. The summed E-state index contributed by atoms with van der Waals surface area (Å²) in [5.74, 6) is 1.28. The molecule has 0 spiro atoms. The van der Waals surface area contributed by atoms with E-state index in [1.807, 2.05) is 35.2 Å². The summed E-state index contributed by atoms with van der Waals surface area (Å²) in [5, 5.41) is 8.78. The molecule has 28 heavy (non-hydrogen) atoms. The van der Waals surface area contributed by atoms with Crippen LogP contribution in [-0.2, 0) is 11.3 Å². The fraction of sp³-hybridized carbons (Fsp3) is 0.286. The van der Waals surface area contributed by atoms with Crippen molar-refractivity contribution in [3.8, 4) is 11.5 Å². The molecule has 0 unspecified atom stereocenters. The number of benzene rings is 2. The normalized spacial score (nSPS) is 13.5. The number of halogens is 1. The molecule has 1 saturated carbocycles. The number of aromatic nitrogens is 2.